The molecular weight excluding hydrogens is 540 g/mol. The molecule has 6 heterocycles. The Hall–Kier alpha value is -4.86. The van der Waals surface area contributed by atoms with Gasteiger partial charge in [0.1, 0.15) is 11.5 Å². The van der Waals surface area contributed by atoms with Crippen LogP contribution < -0.4 is 11.1 Å². The summed E-state index contributed by atoms with van der Waals surface area (Å²) in [6.45, 7) is 3.59. The zero-order valence-corrected chi connectivity index (χ0v) is 24.3. The number of nitrogen functional groups attached to an aromatic ring is 1. The lowest BCUT2D eigenvalue weighted by atomic mass is 9.85. The summed E-state index contributed by atoms with van der Waals surface area (Å²) in [6, 6.07) is 14.2. The number of piperidine rings is 1. The second-order valence-electron chi connectivity index (χ2n) is 11.6. The summed E-state index contributed by atoms with van der Waals surface area (Å²) in [5.41, 5.74) is 12.5. The molecule has 3 atom stereocenters. The Balaban J connectivity index is 1.22. The van der Waals surface area contributed by atoms with Crippen LogP contribution in [0.15, 0.2) is 71.6 Å². The Labute approximate surface area is 249 Å². The fourth-order valence-electron chi connectivity index (χ4n) is 6.94. The highest BCUT2D eigenvalue weighted by Crippen LogP contribution is 2.45. The van der Waals surface area contributed by atoms with Crippen molar-refractivity contribution in [3.8, 4) is 22.4 Å². The van der Waals surface area contributed by atoms with E-state index in [1.807, 2.05) is 59.6 Å². The van der Waals surface area contributed by atoms with E-state index < -0.39 is 0 Å². The van der Waals surface area contributed by atoms with Crippen LogP contribution in [-0.2, 0) is 4.79 Å². The number of nitrogens with two attached hydrogens (primary N) is 1. The predicted octanol–water partition coefficient (Wildman–Crippen LogP) is 4.77. The maximum atomic E-state index is 13.6. The number of pyridine rings is 1. The van der Waals surface area contributed by atoms with E-state index in [-0.39, 0.29) is 35.7 Å². The van der Waals surface area contributed by atoms with Crippen molar-refractivity contribution >= 4 is 29.5 Å². The number of hydrogen-bond donors (Lipinski definition) is 2. The van der Waals surface area contributed by atoms with Crippen LogP contribution >= 0.6 is 0 Å². The Morgan fingerprint density at radius 2 is 1.79 bits per heavy atom. The highest BCUT2D eigenvalue weighted by Gasteiger charge is 2.45. The molecule has 1 aromatic carbocycles. The molecule has 10 heteroatoms. The second-order valence-corrected chi connectivity index (χ2v) is 11.6. The maximum absolute atomic E-state index is 13.6. The number of ketones is 1. The Bertz CT molecular complexity index is 1760. The average Bonchev–Trinajstić information content (AvgIpc) is 3.58. The van der Waals surface area contributed by atoms with Crippen molar-refractivity contribution in [2.45, 2.75) is 70.0 Å². The van der Waals surface area contributed by atoms with Crippen LogP contribution in [0.1, 0.15) is 67.9 Å². The summed E-state index contributed by atoms with van der Waals surface area (Å²) < 4.78 is 1.56. The zero-order valence-electron chi connectivity index (χ0n) is 24.3. The smallest absolute Gasteiger partial charge is 0.270 e. The third-order valence-corrected chi connectivity index (χ3v) is 9.05. The van der Waals surface area contributed by atoms with Crippen molar-refractivity contribution in [1.29, 1.82) is 0 Å². The number of carbonyl (C=O) groups excluding carboxylic acids is 2. The molecule has 0 aliphatic carbocycles. The summed E-state index contributed by atoms with van der Waals surface area (Å²) in [5, 5.41) is 7.58. The van der Waals surface area contributed by atoms with Gasteiger partial charge in [-0.3, -0.25) is 19.6 Å². The van der Waals surface area contributed by atoms with Gasteiger partial charge < -0.3 is 16.0 Å². The number of nitrogens with zero attached hydrogens (tertiary/aromatic N) is 6. The van der Waals surface area contributed by atoms with Crippen molar-refractivity contribution < 1.29 is 9.59 Å². The summed E-state index contributed by atoms with van der Waals surface area (Å²) in [5.74, 6) is 0.169. The van der Waals surface area contributed by atoms with Crippen molar-refractivity contribution in [1.82, 2.24) is 29.8 Å². The number of Topliss-reactive ketones (excluding diaryl/α,β-unsaturated/α-hetero) is 1. The number of carbonyl (C=O) groups is 2. The first kappa shape index (κ1) is 27.0. The Kier molecular flexibility index (Phi) is 6.76. The first-order valence-electron chi connectivity index (χ1n) is 15.0. The van der Waals surface area contributed by atoms with Gasteiger partial charge in [0.05, 0.1) is 35.5 Å². The lowest BCUT2D eigenvalue weighted by Gasteiger charge is -2.40. The van der Waals surface area contributed by atoms with Crippen LogP contribution in [0.5, 0.6) is 0 Å². The van der Waals surface area contributed by atoms with Crippen LogP contribution in [0, 0.1) is 0 Å². The number of fused-ring (bicyclic) bond motifs is 3. The molecule has 218 valence electrons. The van der Waals surface area contributed by atoms with Crippen molar-refractivity contribution in [2.75, 3.05) is 5.73 Å². The number of anilines is 1. The molecular formula is C33H34N8O2. The molecule has 2 fully saturated rings. The average molecular weight is 575 g/mol. The van der Waals surface area contributed by atoms with Crippen LogP contribution in [-0.4, -0.2) is 60.6 Å². The van der Waals surface area contributed by atoms with Gasteiger partial charge in [-0.25, -0.2) is 4.98 Å². The molecule has 2 bridgehead atoms. The maximum Gasteiger partial charge on any atom is 0.270 e. The predicted molar refractivity (Wildman–Crippen MR) is 165 cm³/mol. The minimum absolute atomic E-state index is 0.00710. The molecule has 10 nitrogen and oxygen atoms in total. The van der Waals surface area contributed by atoms with E-state index in [0.717, 1.165) is 54.5 Å². The number of benzene rings is 1. The minimum atomic E-state index is -0.139. The molecule has 3 aliphatic heterocycles. The largest absolute Gasteiger partial charge is 0.383 e. The first-order chi connectivity index (χ1) is 20.9. The molecule has 2 saturated heterocycles. The zero-order chi connectivity index (χ0) is 29.7. The molecule has 1 amide bonds. The highest BCUT2D eigenvalue weighted by atomic mass is 16.2. The highest BCUT2D eigenvalue weighted by molar-refractivity contribution is 6.00. The fraction of sp³-hybridized carbons (Fsp3) is 0.333. The van der Waals surface area contributed by atoms with Crippen LogP contribution in [0.3, 0.4) is 0 Å². The van der Waals surface area contributed by atoms with Crippen LogP contribution in [0.2, 0.25) is 0 Å². The van der Waals surface area contributed by atoms with Gasteiger partial charge in [-0.05, 0) is 51.2 Å². The van der Waals surface area contributed by atoms with E-state index in [1.165, 1.54) is 6.92 Å². The molecule has 3 aromatic heterocycles. The number of nitrogens with one attached hydrogen (secondary N) is 1. The van der Waals surface area contributed by atoms with Crippen molar-refractivity contribution in [3.63, 3.8) is 0 Å². The number of hydrogen-bond acceptors (Lipinski definition) is 8. The lowest BCUT2D eigenvalue weighted by Crippen LogP contribution is -2.49. The molecule has 0 saturated carbocycles. The number of rotatable bonds is 6. The number of amides is 1. The van der Waals surface area contributed by atoms with Gasteiger partial charge >= 0.3 is 0 Å². The molecule has 0 spiro atoms. The third kappa shape index (κ3) is 4.67. The molecule has 7 rings (SSSR count). The molecule has 3 aliphatic rings. The number of aliphatic imine (C=N–C) groups is 1. The van der Waals surface area contributed by atoms with Gasteiger partial charge in [-0.15, -0.1) is 0 Å². The van der Waals surface area contributed by atoms with Crippen LogP contribution in [0.4, 0.5) is 5.82 Å². The van der Waals surface area contributed by atoms with E-state index in [4.69, 9.17) is 10.7 Å². The van der Waals surface area contributed by atoms with Gasteiger partial charge in [0.15, 0.2) is 11.4 Å². The second kappa shape index (κ2) is 10.8. The lowest BCUT2D eigenvalue weighted by molar-refractivity contribution is -0.131. The summed E-state index contributed by atoms with van der Waals surface area (Å²) >= 11 is 0. The van der Waals surface area contributed by atoms with Gasteiger partial charge in [-0.1, -0.05) is 43.3 Å². The Morgan fingerprint density at radius 1 is 1.02 bits per heavy atom. The molecule has 4 aromatic rings. The summed E-state index contributed by atoms with van der Waals surface area (Å²) in [4.78, 5) is 42.8. The fourth-order valence-corrected chi connectivity index (χ4v) is 6.94. The first-order valence-corrected chi connectivity index (χ1v) is 15.0. The van der Waals surface area contributed by atoms with E-state index in [2.05, 4.69) is 27.3 Å². The monoisotopic (exact) mass is 574 g/mol. The molecule has 0 radical (unpaired) electrons. The van der Waals surface area contributed by atoms with E-state index in [0.29, 0.717) is 28.4 Å². The van der Waals surface area contributed by atoms with Gasteiger partial charge in [0, 0.05) is 40.9 Å². The third-order valence-electron chi connectivity index (χ3n) is 9.05. The van der Waals surface area contributed by atoms with Crippen LogP contribution in [0.25, 0.3) is 28.0 Å². The minimum Gasteiger partial charge on any atom is -0.383 e. The van der Waals surface area contributed by atoms with E-state index in [1.54, 1.807) is 17.1 Å². The van der Waals surface area contributed by atoms with E-state index in [9.17, 15) is 9.59 Å². The summed E-state index contributed by atoms with van der Waals surface area (Å²) in [6.07, 6.45) is 11.3. The van der Waals surface area contributed by atoms with Crippen molar-refractivity contribution in [3.05, 3.63) is 77.9 Å². The SMILES string of the molecule is CCC1C=C(C(=O)N2C3CCC2CC(c2nc4c(-c5ccc(-c6ccccc6)nc5)cnn4c(N)c2C(C)=O)C3)NC=N1. The molecule has 3 N–H and O–H groups in total. The molecule has 3 unspecified atom stereocenters. The van der Waals surface area contributed by atoms with Crippen molar-refractivity contribution in [2.24, 2.45) is 4.99 Å². The van der Waals surface area contributed by atoms with Gasteiger partial charge in [0.2, 0.25) is 0 Å². The normalized spacial score (nSPS) is 22.8. The summed E-state index contributed by atoms with van der Waals surface area (Å²) in [7, 11) is 0. The Morgan fingerprint density at radius 3 is 2.47 bits per heavy atom. The van der Waals surface area contributed by atoms with Gasteiger partial charge in [-0.2, -0.15) is 9.61 Å². The topological polar surface area (TPSA) is 131 Å². The van der Waals surface area contributed by atoms with Gasteiger partial charge in [0.25, 0.3) is 5.91 Å². The standard InChI is InChI=1S/C33H34N8O2/c1-3-23-15-28(37-18-36-23)33(43)40-24-10-11-25(40)14-22(13-24)30-29(19(2)42)31(34)41-32(39-30)26(17-38-41)21-9-12-27(35-16-21)20-7-5-4-6-8-20/h4-9,12,15-18,22-25H,3,10-11,13-14,34H2,1-2H3,(H,36,37). The number of aromatic nitrogens is 4. The quantitative estimate of drug-likeness (QED) is 0.317. The van der Waals surface area contributed by atoms with E-state index >= 15 is 0 Å². The molecule has 43 heavy (non-hydrogen) atoms.